The quantitative estimate of drug-likeness (QED) is 0.800. The monoisotopic (exact) mass is 313 g/mol. The van der Waals surface area contributed by atoms with Crippen LogP contribution in [0, 0.1) is 0 Å². The number of benzene rings is 1. The zero-order valence-electron chi connectivity index (χ0n) is 13.8. The fourth-order valence-corrected chi connectivity index (χ4v) is 4.08. The lowest BCUT2D eigenvalue weighted by Crippen LogP contribution is -2.44. The molecule has 1 aliphatic heterocycles. The molecule has 0 bridgehead atoms. The molecular weight excluding hydrogens is 290 g/mol. The van der Waals surface area contributed by atoms with E-state index < -0.39 is 0 Å². The van der Waals surface area contributed by atoms with Crippen LogP contribution >= 0.6 is 0 Å². The van der Waals surface area contributed by atoms with Gasteiger partial charge in [0, 0.05) is 31.1 Å². The third-order valence-corrected chi connectivity index (χ3v) is 4.93. The predicted octanol–water partition coefficient (Wildman–Crippen LogP) is 2.89. The van der Waals surface area contributed by atoms with Crippen LogP contribution in [-0.4, -0.2) is 30.2 Å². The van der Waals surface area contributed by atoms with Crippen LogP contribution < -0.4 is 5.63 Å². The van der Waals surface area contributed by atoms with Crippen molar-refractivity contribution in [2.75, 3.05) is 13.1 Å². The standard InChI is InChI=1S/C19H23NO3/c1-12-9-20(10-13(2)22-12)11-16-8-19(21)23-18-7-15-5-3-4-14(15)6-17(16)18/h6-8,12-13H,3-5,9-11H2,1-2H3/t12-,13+. The van der Waals surface area contributed by atoms with Gasteiger partial charge in [0.05, 0.1) is 12.2 Å². The molecule has 2 atom stereocenters. The van der Waals surface area contributed by atoms with Crippen LogP contribution in [0.1, 0.15) is 37.0 Å². The molecule has 0 saturated carbocycles. The minimum Gasteiger partial charge on any atom is -0.423 e. The minimum absolute atomic E-state index is 0.231. The summed E-state index contributed by atoms with van der Waals surface area (Å²) in [6.45, 7) is 6.78. The Balaban J connectivity index is 1.72. The highest BCUT2D eigenvalue weighted by Gasteiger charge is 2.23. The van der Waals surface area contributed by atoms with Gasteiger partial charge in [-0.2, -0.15) is 0 Å². The van der Waals surface area contributed by atoms with Crippen molar-refractivity contribution in [1.29, 1.82) is 0 Å². The smallest absolute Gasteiger partial charge is 0.336 e. The number of hydrogen-bond acceptors (Lipinski definition) is 4. The number of ether oxygens (including phenoxy) is 1. The number of aryl methyl sites for hydroxylation is 2. The Labute approximate surface area is 136 Å². The normalized spacial score (nSPS) is 25.0. The molecule has 4 nitrogen and oxygen atoms in total. The SMILES string of the molecule is C[C@@H]1CN(Cc2cc(=O)oc3cc4c(cc23)CCC4)C[C@H](C)O1. The summed E-state index contributed by atoms with van der Waals surface area (Å²) in [6.07, 6.45) is 3.89. The molecule has 0 N–H and O–H groups in total. The molecule has 2 aliphatic rings. The van der Waals surface area contributed by atoms with Crippen molar-refractivity contribution in [3.63, 3.8) is 0 Å². The van der Waals surface area contributed by atoms with Crippen LogP contribution in [-0.2, 0) is 24.1 Å². The first-order chi connectivity index (χ1) is 11.1. The molecule has 1 fully saturated rings. The summed E-state index contributed by atoms with van der Waals surface area (Å²) < 4.78 is 11.3. The van der Waals surface area contributed by atoms with E-state index in [-0.39, 0.29) is 17.8 Å². The van der Waals surface area contributed by atoms with Crippen LogP contribution in [0.15, 0.2) is 27.4 Å². The highest BCUT2D eigenvalue weighted by molar-refractivity contribution is 5.82. The summed E-state index contributed by atoms with van der Waals surface area (Å²) in [5.74, 6) is 0. The Kier molecular flexibility index (Phi) is 3.74. The summed E-state index contributed by atoms with van der Waals surface area (Å²) in [7, 11) is 0. The highest BCUT2D eigenvalue weighted by Crippen LogP contribution is 2.29. The average Bonchev–Trinajstić information content (AvgIpc) is 2.91. The van der Waals surface area contributed by atoms with E-state index >= 15 is 0 Å². The molecule has 4 heteroatoms. The van der Waals surface area contributed by atoms with Crippen LogP contribution in [0.2, 0.25) is 0 Å². The maximum atomic E-state index is 12.0. The van der Waals surface area contributed by atoms with Crippen LogP contribution in [0.25, 0.3) is 11.0 Å². The van der Waals surface area contributed by atoms with Gasteiger partial charge in [-0.15, -0.1) is 0 Å². The van der Waals surface area contributed by atoms with E-state index in [1.54, 1.807) is 6.07 Å². The molecule has 1 aliphatic carbocycles. The molecule has 4 rings (SSSR count). The van der Waals surface area contributed by atoms with Crippen molar-refractivity contribution in [1.82, 2.24) is 4.90 Å². The summed E-state index contributed by atoms with van der Waals surface area (Å²) in [4.78, 5) is 14.3. The van der Waals surface area contributed by atoms with Gasteiger partial charge in [-0.1, -0.05) is 0 Å². The molecule has 23 heavy (non-hydrogen) atoms. The average molecular weight is 313 g/mol. The lowest BCUT2D eigenvalue weighted by molar-refractivity contribution is -0.0704. The van der Waals surface area contributed by atoms with Gasteiger partial charge < -0.3 is 9.15 Å². The molecular formula is C19H23NO3. The lowest BCUT2D eigenvalue weighted by atomic mass is 10.0. The highest BCUT2D eigenvalue weighted by atomic mass is 16.5. The van der Waals surface area contributed by atoms with Gasteiger partial charge in [-0.05, 0) is 61.9 Å². The second-order valence-corrected chi connectivity index (χ2v) is 7.01. The maximum absolute atomic E-state index is 12.0. The van der Waals surface area contributed by atoms with Crippen molar-refractivity contribution in [3.05, 3.63) is 45.3 Å². The maximum Gasteiger partial charge on any atom is 0.336 e. The first-order valence-electron chi connectivity index (χ1n) is 8.55. The van der Waals surface area contributed by atoms with Gasteiger partial charge in [-0.3, -0.25) is 4.90 Å². The van der Waals surface area contributed by atoms with Gasteiger partial charge in [0.25, 0.3) is 0 Å². The Morgan fingerprint density at radius 1 is 1.09 bits per heavy atom. The molecule has 0 unspecified atom stereocenters. The molecule has 0 radical (unpaired) electrons. The minimum atomic E-state index is -0.250. The molecule has 122 valence electrons. The Morgan fingerprint density at radius 2 is 1.78 bits per heavy atom. The van der Waals surface area contributed by atoms with E-state index in [0.717, 1.165) is 49.0 Å². The van der Waals surface area contributed by atoms with E-state index in [4.69, 9.17) is 9.15 Å². The van der Waals surface area contributed by atoms with E-state index in [2.05, 4.69) is 30.9 Å². The number of rotatable bonds is 2. The van der Waals surface area contributed by atoms with E-state index in [1.165, 1.54) is 17.5 Å². The second-order valence-electron chi connectivity index (χ2n) is 7.01. The number of morpholine rings is 1. The largest absolute Gasteiger partial charge is 0.423 e. The third-order valence-electron chi connectivity index (χ3n) is 4.93. The van der Waals surface area contributed by atoms with Crippen molar-refractivity contribution in [3.8, 4) is 0 Å². The fraction of sp³-hybridized carbons (Fsp3) is 0.526. The Morgan fingerprint density at radius 3 is 2.52 bits per heavy atom. The number of fused-ring (bicyclic) bond motifs is 2. The predicted molar refractivity (Wildman–Crippen MR) is 89.8 cm³/mol. The first kappa shape index (κ1) is 14.9. The fourth-order valence-electron chi connectivity index (χ4n) is 4.08. The number of nitrogens with zero attached hydrogens (tertiary/aromatic N) is 1. The van der Waals surface area contributed by atoms with Crippen molar-refractivity contribution >= 4 is 11.0 Å². The van der Waals surface area contributed by atoms with Gasteiger partial charge in [0.1, 0.15) is 5.58 Å². The van der Waals surface area contributed by atoms with Gasteiger partial charge in [0.2, 0.25) is 0 Å². The number of hydrogen-bond donors (Lipinski definition) is 0. The Bertz CT molecular complexity index is 785. The molecule has 0 spiro atoms. The van der Waals surface area contributed by atoms with Gasteiger partial charge in [0.15, 0.2) is 0 Å². The molecule has 0 amide bonds. The summed E-state index contributed by atoms with van der Waals surface area (Å²) in [5.41, 5.74) is 4.32. The zero-order valence-corrected chi connectivity index (χ0v) is 13.8. The van der Waals surface area contributed by atoms with Gasteiger partial charge >= 0.3 is 5.63 Å². The van der Waals surface area contributed by atoms with Crippen molar-refractivity contribution < 1.29 is 9.15 Å². The van der Waals surface area contributed by atoms with Crippen LogP contribution in [0.4, 0.5) is 0 Å². The molecule has 1 saturated heterocycles. The first-order valence-corrected chi connectivity index (χ1v) is 8.55. The Hall–Kier alpha value is -1.65. The zero-order chi connectivity index (χ0) is 16.0. The van der Waals surface area contributed by atoms with E-state index in [9.17, 15) is 4.79 Å². The van der Waals surface area contributed by atoms with Crippen molar-refractivity contribution in [2.24, 2.45) is 0 Å². The lowest BCUT2D eigenvalue weighted by Gasteiger charge is -2.35. The van der Waals surface area contributed by atoms with E-state index in [0.29, 0.717) is 0 Å². The van der Waals surface area contributed by atoms with Crippen LogP contribution in [0.3, 0.4) is 0 Å². The third kappa shape index (κ3) is 2.93. The molecule has 1 aromatic carbocycles. The summed E-state index contributed by atoms with van der Waals surface area (Å²) >= 11 is 0. The van der Waals surface area contributed by atoms with Gasteiger partial charge in [-0.25, -0.2) is 4.79 Å². The summed E-state index contributed by atoms with van der Waals surface area (Å²) in [6, 6.07) is 5.98. The molecule has 1 aromatic heterocycles. The second kappa shape index (κ2) is 5.77. The topological polar surface area (TPSA) is 42.7 Å². The van der Waals surface area contributed by atoms with Crippen molar-refractivity contribution in [2.45, 2.75) is 51.9 Å². The van der Waals surface area contributed by atoms with E-state index in [1.807, 2.05) is 0 Å². The van der Waals surface area contributed by atoms with Crippen LogP contribution in [0.5, 0.6) is 0 Å². The molecule has 2 heterocycles. The molecule has 2 aromatic rings. The summed E-state index contributed by atoms with van der Waals surface area (Å²) in [5, 5.41) is 1.09.